The Bertz CT molecular complexity index is 419. The van der Waals surface area contributed by atoms with Crippen LogP contribution in [0, 0.1) is 10.1 Å². The van der Waals surface area contributed by atoms with Crippen molar-refractivity contribution in [3.63, 3.8) is 0 Å². The number of ether oxygens (including phenoxy) is 1. The number of hydrogen-bond acceptors (Lipinski definition) is 7. The van der Waals surface area contributed by atoms with E-state index in [-0.39, 0.29) is 23.6 Å². The highest BCUT2D eigenvalue weighted by atomic mass is 16.6. The molecular weight excluding hydrogens is 226 g/mol. The minimum Gasteiger partial charge on any atom is -0.378 e. The van der Waals surface area contributed by atoms with Gasteiger partial charge in [0.15, 0.2) is 0 Å². The van der Waals surface area contributed by atoms with Crippen LogP contribution in [0.1, 0.15) is 12.8 Å². The predicted octanol–water partition coefficient (Wildman–Crippen LogP) is 0.558. The average Bonchev–Trinajstić information content (AvgIpc) is 2.78. The minimum absolute atomic E-state index is 0.139. The van der Waals surface area contributed by atoms with Gasteiger partial charge < -0.3 is 15.8 Å². The highest BCUT2D eigenvalue weighted by molar-refractivity contribution is 5.53. The molecule has 0 saturated carbocycles. The van der Waals surface area contributed by atoms with Crippen molar-refractivity contribution in [1.29, 1.82) is 0 Å². The number of nitro groups is 1. The van der Waals surface area contributed by atoms with Gasteiger partial charge in [-0.15, -0.1) is 0 Å². The Kier molecular flexibility index (Phi) is 3.33. The molecule has 8 nitrogen and oxygen atoms in total. The van der Waals surface area contributed by atoms with Gasteiger partial charge in [-0.1, -0.05) is 0 Å². The van der Waals surface area contributed by atoms with Crippen LogP contribution in [0.15, 0.2) is 6.20 Å². The van der Waals surface area contributed by atoms with E-state index in [1.165, 1.54) is 0 Å². The summed E-state index contributed by atoms with van der Waals surface area (Å²) < 4.78 is 5.41. The number of nitrogens with one attached hydrogen (secondary N) is 1. The molecule has 2 heterocycles. The van der Waals surface area contributed by atoms with Crippen LogP contribution in [0.25, 0.3) is 0 Å². The number of nitrogen functional groups attached to an aromatic ring is 1. The lowest BCUT2D eigenvalue weighted by Crippen LogP contribution is -2.19. The summed E-state index contributed by atoms with van der Waals surface area (Å²) in [5.74, 6) is 0.142. The van der Waals surface area contributed by atoms with Crippen molar-refractivity contribution in [1.82, 2.24) is 9.97 Å². The molecule has 0 spiro atoms. The molecule has 1 aliphatic rings. The lowest BCUT2D eigenvalue weighted by Gasteiger charge is -2.10. The van der Waals surface area contributed by atoms with Crippen LogP contribution in [0.3, 0.4) is 0 Å². The second kappa shape index (κ2) is 4.91. The Morgan fingerprint density at radius 1 is 1.71 bits per heavy atom. The Labute approximate surface area is 97.3 Å². The van der Waals surface area contributed by atoms with Crippen molar-refractivity contribution >= 4 is 17.5 Å². The Hall–Kier alpha value is -1.96. The van der Waals surface area contributed by atoms with E-state index in [0.717, 1.165) is 25.6 Å². The first-order valence-corrected chi connectivity index (χ1v) is 5.29. The molecule has 0 bridgehead atoms. The molecule has 1 saturated heterocycles. The first-order valence-electron chi connectivity index (χ1n) is 5.29. The number of hydrogen-bond donors (Lipinski definition) is 2. The highest BCUT2D eigenvalue weighted by Crippen LogP contribution is 2.18. The van der Waals surface area contributed by atoms with E-state index in [4.69, 9.17) is 10.5 Å². The van der Waals surface area contributed by atoms with E-state index in [2.05, 4.69) is 15.3 Å². The number of anilines is 2. The summed E-state index contributed by atoms with van der Waals surface area (Å²) >= 11 is 0. The van der Waals surface area contributed by atoms with E-state index in [1.54, 1.807) is 0 Å². The van der Waals surface area contributed by atoms with Crippen LogP contribution < -0.4 is 11.1 Å². The zero-order valence-corrected chi connectivity index (χ0v) is 9.13. The Morgan fingerprint density at radius 3 is 3.12 bits per heavy atom. The molecule has 0 radical (unpaired) electrons. The van der Waals surface area contributed by atoms with Gasteiger partial charge in [0, 0.05) is 13.2 Å². The summed E-state index contributed by atoms with van der Waals surface area (Å²) in [5.41, 5.74) is 5.16. The molecule has 3 N–H and O–H groups in total. The monoisotopic (exact) mass is 239 g/mol. The standard InChI is InChI=1S/C9H13N5O3/c10-8-7(14(15)16)5-12-9(13-8)11-4-6-2-1-3-17-6/h5-6H,1-4H2,(H3,10,11,12,13). The smallest absolute Gasteiger partial charge is 0.329 e. The second-order valence-corrected chi connectivity index (χ2v) is 3.74. The molecule has 0 aromatic carbocycles. The number of aromatic nitrogens is 2. The molecule has 1 aromatic heterocycles. The summed E-state index contributed by atoms with van der Waals surface area (Å²) in [5, 5.41) is 13.4. The Morgan fingerprint density at radius 2 is 2.53 bits per heavy atom. The third kappa shape index (κ3) is 2.78. The fourth-order valence-electron chi connectivity index (χ4n) is 1.62. The van der Waals surface area contributed by atoms with Crippen LogP contribution >= 0.6 is 0 Å². The average molecular weight is 239 g/mol. The van der Waals surface area contributed by atoms with Crippen LogP contribution in [-0.4, -0.2) is 34.1 Å². The van der Waals surface area contributed by atoms with Crippen molar-refractivity contribution in [3.8, 4) is 0 Å². The largest absolute Gasteiger partial charge is 0.378 e. The normalized spacial score (nSPS) is 19.2. The van der Waals surface area contributed by atoms with Gasteiger partial charge in [0.1, 0.15) is 6.20 Å². The van der Waals surface area contributed by atoms with Gasteiger partial charge in [-0.2, -0.15) is 4.98 Å². The molecule has 17 heavy (non-hydrogen) atoms. The van der Waals surface area contributed by atoms with Crippen molar-refractivity contribution < 1.29 is 9.66 Å². The van der Waals surface area contributed by atoms with E-state index < -0.39 is 4.92 Å². The van der Waals surface area contributed by atoms with Crippen LogP contribution in [0.4, 0.5) is 17.5 Å². The van der Waals surface area contributed by atoms with E-state index in [1.807, 2.05) is 0 Å². The second-order valence-electron chi connectivity index (χ2n) is 3.74. The highest BCUT2D eigenvalue weighted by Gasteiger charge is 2.17. The SMILES string of the molecule is Nc1nc(NCC2CCCO2)ncc1[N+](=O)[O-]. The zero-order chi connectivity index (χ0) is 12.3. The van der Waals surface area contributed by atoms with Gasteiger partial charge in [-0.05, 0) is 12.8 Å². The van der Waals surface area contributed by atoms with Gasteiger partial charge in [0.25, 0.3) is 0 Å². The molecule has 92 valence electrons. The molecule has 8 heteroatoms. The van der Waals surface area contributed by atoms with Gasteiger partial charge >= 0.3 is 5.69 Å². The maximum atomic E-state index is 10.5. The Balaban J connectivity index is 1.97. The number of rotatable bonds is 4. The van der Waals surface area contributed by atoms with Gasteiger partial charge in [-0.25, -0.2) is 4.98 Å². The van der Waals surface area contributed by atoms with E-state index in [0.29, 0.717) is 6.54 Å². The fraction of sp³-hybridized carbons (Fsp3) is 0.556. The predicted molar refractivity (Wildman–Crippen MR) is 60.6 cm³/mol. The van der Waals surface area contributed by atoms with Crippen LogP contribution in [0.5, 0.6) is 0 Å². The van der Waals surface area contributed by atoms with Crippen molar-refractivity contribution in [2.24, 2.45) is 0 Å². The molecule has 1 atom stereocenters. The van der Waals surface area contributed by atoms with Crippen molar-refractivity contribution in [2.75, 3.05) is 24.2 Å². The summed E-state index contributed by atoms with van der Waals surface area (Å²) in [6.45, 7) is 1.35. The molecule has 0 amide bonds. The maximum absolute atomic E-state index is 10.5. The number of nitrogens with zero attached hydrogens (tertiary/aromatic N) is 3. The van der Waals surface area contributed by atoms with Gasteiger partial charge in [0.2, 0.25) is 11.8 Å². The summed E-state index contributed by atoms with van der Waals surface area (Å²) in [6.07, 6.45) is 3.29. The van der Waals surface area contributed by atoms with Gasteiger partial charge in [0.05, 0.1) is 11.0 Å². The minimum atomic E-state index is -0.612. The molecule has 1 fully saturated rings. The van der Waals surface area contributed by atoms with Crippen molar-refractivity contribution in [2.45, 2.75) is 18.9 Å². The zero-order valence-electron chi connectivity index (χ0n) is 9.13. The fourth-order valence-corrected chi connectivity index (χ4v) is 1.62. The van der Waals surface area contributed by atoms with E-state index in [9.17, 15) is 10.1 Å². The topological polar surface area (TPSA) is 116 Å². The van der Waals surface area contributed by atoms with Gasteiger partial charge in [-0.3, -0.25) is 10.1 Å². The first kappa shape index (κ1) is 11.5. The molecule has 1 aliphatic heterocycles. The summed E-state index contributed by atoms with van der Waals surface area (Å²) in [7, 11) is 0. The molecular formula is C9H13N5O3. The molecule has 0 aliphatic carbocycles. The summed E-state index contributed by atoms with van der Waals surface area (Å²) in [6, 6.07) is 0. The number of nitrogens with two attached hydrogens (primary N) is 1. The quantitative estimate of drug-likeness (QED) is 0.582. The van der Waals surface area contributed by atoms with Crippen LogP contribution in [-0.2, 0) is 4.74 Å². The van der Waals surface area contributed by atoms with Crippen molar-refractivity contribution in [3.05, 3.63) is 16.3 Å². The molecule has 2 rings (SSSR count). The molecule has 1 aromatic rings. The maximum Gasteiger partial charge on any atom is 0.329 e. The van der Waals surface area contributed by atoms with E-state index >= 15 is 0 Å². The third-order valence-corrected chi connectivity index (χ3v) is 2.51. The van der Waals surface area contributed by atoms with Crippen LogP contribution in [0.2, 0.25) is 0 Å². The third-order valence-electron chi connectivity index (χ3n) is 2.51. The first-order chi connectivity index (χ1) is 8.16. The lowest BCUT2D eigenvalue weighted by molar-refractivity contribution is -0.384. The molecule has 1 unspecified atom stereocenters. The summed E-state index contributed by atoms with van der Waals surface area (Å²) in [4.78, 5) is 17.5. The lowest BCUT2D eigenvalue weighted by atomic mass is 10.2.